The average molecular weight is 224 g/mol. The van der Waals surface area contributed by atoms with Gasteiger partial charge in [-0.3, -0.25) is 10.3 Å². The van der Waals surface area contributed by atoms with Gasteiger partial charge in [0.2, 0.25) is 0 Å². The van der Waals surface area contributed by atoms with Gasteiger partial charge in [-0.2, -0.15) is 0 Å². The van der Waals surface area contributed by atoms with Crippen LogP contribution in [0.4, 0.5) is 0 Å². The van der Waals surface area contributed by atoms with Crippen LogP contribution in [0.15, 0.2) is 23.9 Å². The summed E-state index contributed by atoms with van der Waals surface area (Å²) in [7, 11) is 0. The predicted octanol–water partition coefficient (Wildman–Crippen LogP) is 2.09. The van der Waals surface area contributed by atoms with Crippen molar-refractivity contribution in [1.82, 2.24) is 5.06 Å². The fourth-order valence-electron chi connectivity index (χ4n) is 0.662. The van der Waals surface area contributed by atoms with Crippen molar-refractivity contribution in [3.05, 3.63) is 23.9 Å². The second-order valence-electron chi connectivity index (χ2n) is 1.94. The summed E-state index contributed by atoms with van der Waals surface area (Å²) in [5, 5.41) is 9.95. The molecule has 0 spiro atoms. The normalized spacial score (nSPS) is 20.7. The van der Waals surface area contributed by atoms with Crippen molar-refractivity contribution in [2.45, 2.75) is 4.29 Å². The highest BCUT2D eigenvalue weighted by Crippen LogP contribution is 2.19. The quantitative estimate of drug-likeness (QED) is 0.690. The van der Waals surface area contributed by atoms with E-state index in [9.17, 15) is 0 Å². The number of rotatable bonds is 1. The lowest BCUT2D eigenvalue weighted by Crippen LogP contribution is -2.15. The molecule has 0 saturated heterocycles. The standard InChI is InChI=1S/C6H7BrClNO/c7-6(8)5-1-3-9(10)4-2-5/h1-3,6,10H,4H2. The van der Waals surface area contributed by atoms with E-state index >= 15 is 0 Å². The van der Waals surface area contributed by atoms with Crippen molar-refractivity contribution in [3.8, 4) is 0 Å². The van der Waals surface area contributed by atoms with Gasteiger partial charge in [0, 0.05) is 6.20 Å². The summed E-state index contributed by atoms with van der Waals surface area (Å²) < 4.78 is -0.155. The van der Waals surface area contributed by atoms with Gasteiger partial charge in [0.15, 0.2) is 0 Å². The molecule has 0 radical (unpaired) electrons. The number of hydroxylamine groups is 2. The molecular weight excluding hydrogens is 217 g/mol. The Hall–Kier alpha value is 0.01000. The van der Waals surface area contributed by atoms with E-state index in [1.807, 2.05) is 6.08 Å². The molecule has 1 N–H and O–H groups in total. The van der Waals surface area contributed by atoms with Crippen LogP contribution in [0, 0.1) is 0 Å². The summed E-state index contributed by atoms with van der Waals surface area (Å²) >= 11 is 8.90. The first-order valence-electron chi connectivity index (χ1n) is 2.82. The van der Waals surface area contributed by atoms with Gasteiger partial charge >= 0.3 is 0 Å². The molecule has 1 atom stereocenters. The first kappa shape index (κ1) is 8.11. The van der Waals surface area contributed by atoms with Crippen LogP contribution in [0.25, 0.3) is 0 Å². The molecule has 0 aromatic carbocycles. The van der Waals surface area contributed by atoms with E-state index in [2.05, 4.69) is 15.9 Å². The molecule has 0 bridgehead atoms. The number of halogens is 2. The van der Waals surface area contributed by atoms with Crippen molar-refractivity contribution in [1.29, 1.82) is 0 Å². The molecule has 1 heterocycles. The lowest BCUT2D eigenvalue weighted by Gasteiger charge is -2.15. The van der Waals surface area contributed by atoms with Crippen molar-refractivity contribution >= 4 is 27.5 Å². The van der Waals surface area contributed by atoms with E-state index < -0.39 is 0 Å². The maximum Gasteiger partial charge on any atom is 0.113 e. The monoisotopic (exact) mass is 223 g/mol. The van der Waals surface area contributed by atoms with Crippen LogP contribution in [-0.4, -0.2) is 21.1 Å². The van der Waals surface area contributed by atoms with Gasteiger partial charge in [-0.1, -0.05) is 22.0 Å². The maximum atomic E-state index is 8.85. The second kappa shape index (κ2) is 3.42. The number of alkyl halides is 2. The van der Waals surface area contributed by atoms with Crippen LogP contribution in [0.1, 0.15) is 0 Å². The highest BCUT2D eigenvalue weighted by atomic mass is 79.9. The number of hydrogen-bond acceptors (Lipinski definition) is 2. The summed E-state index contributed by atoms with van der Waals surface area (Å²) in [6.07, 6.45) is 5.19. The minimum atomic E-state index is -0.155. The molecule has 10 heavy (non-hydrogen) atoms. The summed E-state index contributed by atoms with van der Waals surface area (Å²) in [5.74, 6) is 0. The highest BCUT2D eigenvalue weighted by molar-refractivity contribution is 9.10. The maximum absolute atomic E-state index is 8.85. The predicted molar refractivity (Wildman–Crippen MR) is 44.3 cm³/mol. The van der Waals surface area contributed by atoms with Gasteiger partial charge in [-0.05, 0) is 11.6 Å². The Labute approximate surface area is 72.9 Å². The summed E-state index contributed by atoms with van der Waals surface area (Å²) in [6, 6.07) is 0. The lowest BCUT2D eigenvalue weighted by atomic mass is 10.2. The van der Waals surface area contributed by atoms with Crippen LogP contribution >= 0.6 is 27.5 Å². The first-order chi connectivity index (χ1) is 4.70. The molecule has 0 aliphatic carbocycles. The minimum Gasteiger partial charge on any atom is -0.289 e. The number of allylic oxidation sites excluding steroid dienone is 2. The summed E-state index contributed by atoms with van der Waals surface area (Å²) in [6.45, 7) is 0.501. The van der Waals surface area contributed by atoms with Crippen LogP contribution in [-0.2, 0) is 0 Å². The summed E-state index contributed by atoms with van der Waals surface area (Å²) in [4.78, 5) is 0. The van der Waals surface area contributed by atoms with E-state index in [1.54, 1.807) is 12.3 Å². The Morgan fingerprint density at radius 2 is 2.50 bits per heavy atom. The zero-order valence-electron chi connectivity index (χ0n) is 5.17. The third kappa shape index (κ3) is 2.01. The van der Waals surface area contributed by atoms with Crippen molar-refractivity contribution in [2.75, 3.05) is 6.54 Å². The van der Waals surface area contributed by atoms with E-state index in [4.69, 9.17) is 16.8 Å². The Morgan fingerprint density at radius 1 is 1.80 bits per heavy atom. The van der Waals surface area contributed by atoms with E-state index in [-0.39, 0.29) is 4.29 Å². The van der Waals surface area contributed by atoms with Crippen LogP contribution in [0.2, 0.25) is 0 Å². The van der Waals surface area contributed by atoms with Crippen molar-refractivity contribution < 1.29 is 5.21 Å². The molecule has 4 heteroatoms. The second-order valence-corrected chi connectivity index (χ2v) is 3.82. The fourth-order valence-corrected chi connectivity index (χ4v) is 1.16. The Balaban J connectivity index is 2.59. The topological polar surface area (TPSA) is 23.5 Å². The van der Waals surface area contributed by atoms with Gasteiger partial charge < -0.3 is 0 Å². The molecule has 1 unspecified atom stereocenters. The van der Waals surface area contributed by atoms with Gasteiger partial charge in [-0.25, -0.2) is 0 Å². The first-order valence-corrected chi connectivity index (χ1v) is 4.17. The average Bonchev–Trinajstić information content (AvgIpc) is 1.88. The molecule has 1 aliphatic heterocycles. The van der Waals surface area contributed by atoms with Crippen LogP contribution in [0.5, 0.6) is 0 Å². The lowest BCUT2D eigenvalue weighted by molar-refractivity contribution is -0.0305. The number of nitrogens with zero attached hydrogens (tertiary/aromatic N) is 1. The smallest absolute Gasteiger partial charge is 0.113 e. The van der Waals surface area contributed by atoms with Crippen LogP contribution in [0.3, 0.4) is 0 Å². The summed E-state index contributed by atoms with van der Waals surface area (Å²) in [5.41, 5.74) is 0.979. The highest BCUT2D eigenvalue weighted by Gasteiger charge is 2.07. The zero-order chi connectivity index (χ0) is 7.56. The molecule has 0 aromatic rings. The molecular formula is C6H7BrClNO. The van der Waals surface area contributed by atoms with E-state index in [0.29, 0.717) is 6.54 Å². The third-order valence-corrected chi connectivity index (χ3v) is 1.99. The Morgan fingerprint density at radius 3 is 2.90 bits per heavy atom. The SMILES string of the molecule is ON1C=CC(C(Cl)Br)=CC1. The fraction of sp³-hybridized carbons (Fsp3) is 0.333. The van der Waals surface area contributed by atoms with Crippen LogP contribution < -0.4 is 0 Å². The zero-order valence-corrected chi connectivity index (χ0v) is 7.51. The largest absolute Gasteiger partial charge is 0.289 e. The molecule has 0 aromatic heterocycles. The Bertz CT molecular complexity index is 179. The number of hydrogen-bond donors (Lipinski definition) is 1. The Kier molecular flexibility index (Phi) is 2.77. The van der Waals surface area contributed by atoms with Gasteiger partial charge in [-0.15, -0.1) is 11.6 Å². The van der Waals surface area contributed by atoms with E-state index in [0.717, 1.165) is 10.6 Å². The third-order valence-electron chi connectivity index (χ3n) is 1.21. The van der Waals surface area contributed by atoms with Gasteiger partial charge in [0.25, 0.3) is 0 Å². The molecule has 1 aliphatic rings. The molecule has 2 nitrogen and oxygen atoms in total. The molecule has 0 saturated carbocycles. The van der Waals surface area contributed by atoms with Gasteiger partial charge in [0.1, 0.15) is 4.29 Å². The van der Waals surface area contributed by atoms with E-state index in [1.165, 1.54) is 0 Å². The minimum absolute atomic E-state index is 0.155. The van der Waals surface area contributed by atoms with Crippen molar-refractivity contribution in [3.63, 3.8) is 0 Å². The molecule has 56 valence electrons. The molecule has 0 fully saturated rings. The van der Waals surface area contributed by atoms with Crippen molar-refractivity contribution in [2.24, 2.45) is 0 Å². The molecule has 0 amide bonds. The molecule has 1 rings (SSSR count). The van der Waals surface area contributed by atoms with Gasteiger partial charge in [0.05, 0.1) is 6.54 Å².